The molecule has 2 heteroatoms. The Hall–Kier alpha value is -1.15. The van der Waals surface area contributed by atoms with E-state index < -0.39 is 0 Å². The molecule has 1 aromatic carbocycles. The molecule has 13 heavy (non-hydrogen) atoms. The van der Waals surface area contributed by atoms with E-state index in [1.165, 1.54) is 17.7 Å². The second-order valence-corrected chi connectivity index (χ2v) is 3.08. The molecule has 0 unspecified atom stereocenters. The van der Waals surface area contributed by atoms with Crippen LogP contribution < -0.4 is 5.32 Å². The van der Waals surface area contributed by atoms with Gasteiger partial charge in [-0.1, -0.05) is 23.8 Å². The van der Waals surface area contributed by atoms with Crippen LogP contribution in [-0.2, 0) is 0 Å². The zero-order valence-electron chi connectivity index (χ0n) is 7.97. The Bertz CT molecular complexity index is 305. The van der Waals surface area contributed by atoms with E-state index in [1.807, 2.05) is 26.1 Å². The summed E-state index contributed by atoms with van der Waals surface area (Å²) in [7, 11) is 1.89. The van der Waals surface area contributed by atoms with Gasteiger partial charge in [-0.25, -0.2) is 4.39 Å². The van der Waals surface area contributed by atoms with Crippen LogP contribution in [0.2, 0.25) is 0 Å². The van der Waals surface area contributed by atoms with E-state index in [-0.39, 0.29) is 5.82 Å². The van der Waals surface area contributed by atoms with Crippen molar-refractivity contribution in [2.75, 3.05) is 13.6 Å². The van der Waals surface area contributed by atoms with E-state index in [2.05, 4.69) is 5.32 Å². The summed E-state index contributed by atoms with van der Waals surface area (Å²) >= 11 is 0. The molecule has 0 spiro atoms. The van der Waals surface area contributed by atoms with Gasteiger partial charge in [0.05, 0.1) is 0 Å². The largest absolute Gasteiger partial charge is 0.316 e. The first kappa shape index (κ1) is 9.93. The molecule has 0 atom stereocenters. The molecule has 0 radical (unpaired) electrons. The molecule has 1 aromatic rings. The van der Waals surface area contributed by atoms with Gasteiger partial charge in [0, 0.05) is 6.54 Å². The van der Waals surface area contributed by atoms with Crippen LogP contribution in [0, 0.1) is 5.82 Å². The highest BCUT2D eigenvalue weighted by molar-refractivity contribution is 5.52. The zero-order chi connectivity index (χ0) is 9.68. The first-order valence-corrected chi connectivity index (χ1v) is 4.29. The summed E-state index contributed by atoms with van der Waals surface area (Å²) in [6, 6.07) is 6.58. The van der Waals surface area contributed by atoms with Gasteiger partial charge in [-0.05, 0) is 31.7 Å². The van der Waals surface area contributed by atoms with E-state index in [0.717, 1.165) is 12.1 Å². The maximum absolute atomic E-state index is 12.8. The van der Waals surface area contributed by atoms with Crippen molar-refractivity contribution in [3.63, 3.8) is 0 Å². The molecule has 0 saturated heterocycles. The fraction of sp³-hybridized carbons (Fsp3) is 0.273. The van der Waals surface area contributed by atoms with Crippen molar-refractivity contribution in [3.05, 3.63) is 41.2 Å². The minimum absolute atomic E-state index is 0.189. The molecule has 0 heterocycles. The van der Waals surface area contributed by atoms with E-state index in [9.17, 15) is 4.39 Å². The third-order valence-electron chi connectivity index (χ3n) is 1.72. The average Bonchev–Trinajstić information content (AvgIpc) is 2.04. The van der Waals surface area contributed by atoms with Gasteiger partial charge in [0.2, 0.25) is 0 Å². The lowest BCUT2D eigenvalue weighted by molar-refractivity contribution is 0.627. The third-order valence-corrected chi connectivity index (χ3v) is 1.72. The summed E-state index contributed by atoms with van der Waals surface area (Å²) in [5, 5.41) is 3.04. The van der Waals surface area contributed by atoms with Crippen LogP contribution in [0.4, 0.5) is 4.39 Å². The Morgan fingerprint density at radius 3 is 2.92 bits per heavy atom. The molecule has 1 N–H and O–H groups in total. The molecule has 0 aliphatic rings. The summed E-state index contributed by atoms with van der Waals surface area (Å²) in [5.41, 5.74) is 2.10. The van der Waals surface area contributed by atoms with Crippen LogP contribution in [0.5, 0.6) is 0 Å². The molecular formula is C11H14FN. The van der Waals surface area contributed by atoms with Crippen molar-refractivity contribution >= 4 is 6.08 Å². The van der Waals surface area contributed by atoms with Crippen LogP contribution in [0.1, 0.15) is 12.5 Å². The fourth-order valence-electron chi connectivity index (χ4n) is 1.21. The highest BCUT2D eigenvalue weighted by atomic mass is 19.1. The number of nitrogens with one attached hydrogen (secondary N) is 1. The lowest BCUT2D eigenvalue weighted by atomic mass is 10.1. The van der Waals surface area contributed by atoms with Crippen molar-refractivity contribution in [3.8, 4) is 0 Å². The molecule has 0 fully saturated rings. The summed E-state index contributed by atoms with van der Waals surface area (Å²) in [6.45, 7) is 2.85. The summed E-state index contributed by atoms with van der Waals surface area (Å²) in [4.78, 5) is 0. The predicted octanol–water partition coefficient (Wildman–Crippen LogP) is 2.45. The Morgan fingerprint density at radius 2 is 2.31 bits per heavy atom. The van der Waals surface area contributed by atoms with E-state index in [1.54, 1.807) is 6.07 Å². The maximum atomic E-state index is 12.8. The van der Waals surface area contributed by atoms with Crippen LogP contribution in [0.3, 0.4) is 0 Å². The number of likely N-dealkylation sites (N-methyl/N-ethyl adjacent to an activating group) is 1. The molecular weight excluding hydrogens is 165 g/mol. The lowest BCUT2D eigenvalue weighted by Gasteiger charge is -1.99. The molecule has 1 nitrogen and oxygen atoms in total. The Morgan fingerprint density at radius 1 is 1.54 bits per heavy atom. The van der Waals surface area contributed by atoms with Crippen LogP contribution in [0.15, 0.2) is 29.8 Å². The topological polar surface area (TPSA) is 12.0 Å². The highest BCUT2D eigenvalue weighted by Gasteiger charge is 1.92. The smallest absolute Gasteiger partial charge is 0.123 e. The van der Waals surface area contributed by atoms with Crippen LogP contribution >= 0.6 is 0 Å². The van der Waals surface area contributed by atoms with Gasteiger partial charge in [0.1, 0.15) is 5.82 Å². The van der Waals surface area contributed by atoms with Gasteiger partial charge in [0.25, 0.3) is 0 Å². The van der Waals surface area contributed by atoms with Gasteiger partial charge < -0.3 is 5.32 Å². The standard InChI is InChI=1S/C11H14FN/c1-9(8-13-2)6-10-4-3-5-11(12)7-10/h3-7,13H,8H2,1-2H3. The van der Waals surface area contributed by atoms with Crippen molar-refractivity contribution in [1.82, 2.24) is 5.32 Å². The Balaban J connectivity index is 2.78. The number of benzene rings is 1. The van der Waals surface area contributed by atoms with Gasteiger partial charge in [-0.15, -0.1) is 0 Å². The number of hydrogen-bond acceptors (Lipinski definition) is 1. The normalized spacial score (nSPS) is 11.8. The van der Waals surface area contributed by atoms with Crippen LogP contribution in [0.25, 0.3) is 6.08 Å². The third kappa shape index (κ3) is 3.38. The van der Waals surface area contributed by atoms with Crippen molar-refractivity contribution in [1.29, 1.82) is 0 Å². The average molecular weight is 179 g/mol. The Kier molecular flexibility index (Phi) is 3.65. The zero-order valence-corrected chi connectivity index (χ0v) is 7.97. The minimum atomic E-state index is -0.189. The molecule has 0 aliphatic heterocycles. The monoisotopic (exact) mass is 179 g/mol. The molecule has 0 amide bonds. The van der Waals surface area contributed by atoms with Crippen molar-refractivity contribution < 1.29 is 4.39 Å². The van der Waals surface area contributed by atoms with E-state index in [0.29, 0.717) is 0 Å². The van der Waals surface area contributed by atoms with E-state index in [4.69, 9.17) is 0 Å². The summed E-state index contributed by atoms with van der Waals surface area (Å²) in [6.07, 6.45) is 1.97. The molecule has 1 rings (SSSR count). The lowest BCUT2D eigenvalue weighted by Crippen LogP contribution is -2.08. The second kappa shape index (κ2) is 4.77. The Labute approximate surface area is 78.3 Å². The van der Waals surface area contributed by atoms with Gasteiger partial charge in [-0.3, -0.25) is 0 Å². The molecule has 0 aliphatic carbocycles. The first-order chi connectivity index (χ1) is 6.22. The predicted molar refractivity (Wildman–Crippen MR) is 54.0 cm³/mol. The quantitative estimate of drug-likeness (QED) is 0.751. The molecule has 0 aromatic heterocycles. The molecule has 70 valence electrons. The number of hydrogen-bond donors (Lipinski definition) is 1. The van der Waals surface area contributed by atoms with E-state index >= 15 is 0 Å². The van der Waals surface area contributed by atoms with Gasteiger partial charge in [-0.2, -0.15) is 0 Å². The first-order valence-electron chi connectivity index (χ1n) is 4.29. The van der Waals surface area contributed by atoms with Gasteiger partial charge >= 0.3 is 0 Å². The van der Waals surface area contributed by atoms with Crippen LogP contribution in [-0.4, -0.2) is 13.6 Å². The highest BCUT2D eigenvalue weighted by Crippen LogP contribution is 2.07. The SMILES string of the molecule is CNCC(C)=Cc1cccc(F)c1. The summed E-state index contributed by atoms with van der Waals surface area (Å²) < 4.78 is 12.8. The van der Waals surface area contributed by atoms with Crippen molar-refractivity contribution in [2.24, 2.45) is 0 Å². The number of halogens is 1. The second-order valence-electron chi connectivity index (χ2n) is 3.08. The molecule has 0 bridgehead atoms. The fourth-order valence-corrected chi connectivity index (χ4v) is 1.21. The maximum Gasteiger partial charge on any atom is 0.123 e. The number of rotatable bonds is 3. The summed E-state index contributed by atoms with van der Waals surface area (Å²) in [5.74, 6) is -0.189. The van der Waals surface area contributed by atoms with Crippen molar-refractivity contribution in [2.45, 2.75) is 6.92 Å². The van der Waals surface area contributed by atoms with Gasteiger partial charge in [0.15, 0.2) is 0 Å². The molecule has 0 saturated carbocycles. The minimum Gasteiger partial charge on any atom is -0.316 e.